The van der Waals surface area contributed by atoms with Gasteiger partial charge in [-0.1, -0.05) is 31.4 Å². The number of carbonyl (C=O) groups is 1. The fourth-order valence-electron chi connectivity index (χ4n) is 3.66. The van der Waals surface area contributed by atoms with Gasteiger partial charge in [-0.05, 0) is 38.6 Å². The van der Waals surface area contributed by atoms with Crippen LogP contribution >= 0.6 is 0 Å². The summed E-state index contributed by atoms with van der Waals surface area (Å²) >= 11 is 0. The van der Waals surface area contributed by atoms with E-state index >= 15 is 0 Å². The summed E-state index contributed by atoms with van der Waals surface area (Å²) in [4.78, 5) is 15.3. The minimum atomic E-state index is -0.334. The van der Waals surface area contributed by atoms with Gasteiger partial charge >= 0.3 is 0 Å². The third-order valence-electron chi connectivity index (χ3n) is 4.92. The van der Waals surface area contributed by atoms with Gasteiger partial charge in [-0.15, -0.1) is 0 Å². The standard InChI is InChI=1S/C17H23NO2/c1-18(2)17(10-4-3-5-11-17)16(19)14-8-6-7-13-9-12-20-15(13)14/h6-8H,3-5,9-12H2,1-2H3. The molecule has 1 aliphatic carbocycles. The van der Waals surface area contributed by atoms with Gasteiger partial charge in [0.25, 0.3) is 0 Å². The van der Waals surface area contributed by atoms with Crippen molar-refractivity contribution in [2.24, 2.45) is 0 Å². The van der Waals surface area contributed by atoms with Gasteiger partial charge in [0, 0.05) is 6.42 Å². The average Bonchev–Trinajstić information content (AvgIpc) is 2.95. The van der Waals surface area contributed by atoms with Gasteiger partial charge in [0.05, 0.1) is 17.7 Å². The molecule has 1 fully saturated rings. The van der Waals surface area contributed by atoms with Gasteiger partial charge in [-0.2, -0.15) is 0 Å². The Hall–Kier alpha value is -1.35. The van der Waals surface area contributed by atoms with Crippen molar-refractivity contribution < 1.29 is 9.53 Å². The largest absolute Gasteiger partial charge is 0.492 e. The second-order valence-electron chi connectivity index (χ2n) is 6.21. The molecule has 2 aliphatic rings. The number of para-hydroxylation sites is 1. The second-order valence-corrected chi connectivity index (χ2v) is 6.21. The highest BCUT2D eigenvalue weighted by Gasteiger charge is 2.43. The van der Waals surface area contributed by atoms with Crippen molar-refractivity contribution in [2.45, 2.75) is 44.1 Å². The van der Waals surface area contributed by atoms with E-state index in [1.807, 2.05) is 26.2 Å². The van der Waals surface area contributed by atoms with Crippen molar-refractivity contribution in [3.63, 3.8) is 0 Å². The van der Waals surface area contributed by atoms with Crippen molar-refractivity contribution >= 4 is 5.78 Å². The second kappa shape index (κ2) is 5.21. The summed E-state index contributed by atoms with van der Waals surface area (Å²) in [5.74, 6) is 1.09. The molecule has 0 bridgehead atoms. The van der Waals surface area contributed by atoms with E-state index in [-0.39, 0.29) is 11.3 Å². The SMILES string of the molecule is CN(C)C1(C(=O)c2cccc3c2OCC3)CCCCC1. The molecule has 0 atom stereocenters. The normalized spacial score (nSPS) is 20.6. The van der Waals surface area contributed by atoms with Crippen LogP contribution < -0.4 is 4.74 Å². The predicted molar refractivity (Wildman–Crippen MR) is 79.5 cm³/mol. The highest BCUT2D eigenvalue weighted by molar-refractivity contribution is 6.05. The van der Waals surface area contributed by atoms with Crippen LogP contribution in [0.2, 0.25) is 0 Å². The topological polar surface area (TPSA) is 29.5 Å². The Balaban J connectivity index is 2.00. The molecular weight excluding hydrogens is 250 g/mol. The lowest BCUT2D eigenvalue weighted by molar-refractivity contribution is 0.0561. The van der Waals surface area contributed by atoms with E-state index in [0.717, 1.165) is 43.4 Å². The molecule has 3 rings (SSSR count). The third kappa shape index (κ3) is 2.05. The Morgan fingerprint density at radius 1 is 1.20 bits per heavy atom. The predicted octanol–water partition coefficient (Wildman–Crippen LogP) is 3.07. The maximum atomic E-state index is 13.2. The molecule has 1 heterocycles. The first-order valence-corrected chi connectivity index (χ1v) is 7.62. The average molecular weight is 273 g/mol. The van der Waals surface area contributed by atoms with E-state index in [1.165, 1.54) is 12.0 Å². The van der Waals surface area contributed by atoms with Gasteiger partial charge < -0.3 is 4.74 Å². The first-order valence-electron chi connectivity index (χ1n) is 7.62. The number of hydrogen-bond acceptors (Lipinski definition) is 3. The van der Waals surface area contributed by atoms with Crippen LogP contribution in [-0.2, 0) is 6.42 Å². The molecular formula is C17H23NO2. The van der Waals surface area contributed by atoms with E-state index in [0.29, 0.717) is 6.61 Å². The number of hydrogen-bond donors (Lipinski definition) is 0. The van der Waals surface area contributed by atoms with Crippen LogP contribution in [0.5, 0.6) is 5.75 Å². The fraction of sp³-hybridized carbons (Fsp3) is 0.588. The zero-order valence-corrected chi connectivity index (χ0v) is 12.4. The number of nitrogens with zero attached hydrogens (tertiary/aromatic N) is 1. The molecule has 1 aliphatic heterocycles. The number of carbonyl (C=O) groups excluding carboxylic acids is 1. The van der Waals surface area contributed by atoms with Gasteiger partial charge in [0.1, 0.15) is 5.75 Å². The van der Waals surface area contributed by atoms with E-state index in [1.54, 1.807) is 0 Å². The molecule has 3 heteroatoms. The fourth-order valence-corrected chi connectivity index (χ4v) is 3.66. The first-order chi connectivity index (χ1) is 9.65. The molecule has 0 unspecified atom stereocenters. The third-order valence-corrected chi connectivity index (χ3v) is 4.92. The lowest BCUT2D eigenvalue weighted by atomic mass is 9.75. The van der Waals surface area contributed by atoms with Gasteiger partial charge in [0.2, 0.25) is 0 Å². The number of ketones is 1. The minimum Gasteiger partial charge on any atom is -0.492 e. The van der Waals surface area contributed by atoms with Crippen molar-refractivity contribution in [2.75, 3.05) is 20.7 Å². The van der Waals surface area contributed by atoms with Crippen LogP contribution in [0.3, 0.4) is 0 Å². The molecule has 108 valence electrons. The highest BCUT2D eigenvalue weighted by atomic mass is 16.5. The Kier molecular flexibility index (Phi) is 3.55. The molecule has 3 nitrogen and oxygen atoms in total. The Labute approximate surface area is 120 Å². The number of likely N-dealkylation sites (N-methyl/N-ethyl adjacent to an activating group) is 1. The molecule has 1 aromatic rings. The van der Waals surface area contributed by atoms with Crippen LogP contribution in [0.4, 0.5) is 0 Å². The van der Waals surface area contributed by atoms with Crippen molar-refractivity contribution in [3.05, 3.63) is 29.3 Å². The van der Waals surface area contributed by atoms with Crippen molar-refractivity contribution in [3.8, 4) is 5.75 Å². The smallest absolute Gasteiger partial charge is 0.186 e. The molecule has 0 spiro atoms. The number of rotatable bonds is 3. The molecule has 0 aromatic heterocycles. The molecule has 1 aromatic carbocycles. The zero-order chi connectivity index (χ0) is 14.2. The van der Waals surface area contributed by atoms with E-state index in [9.17, 15) is 4.79 Å². The molecule has 1 saturated carbocycles. The summed E-state index contributed by atoms with van der Waals surface area (Å²) in [5, 5.41) is 0. The molecule has 0 saturated heterocycles. The summed E-state index contributed by atoms with van der Waals surface area (Å²) in [5.41, 5.74) is 1.63. The maximum Gasteiger partial charge on any atom is 0.186 e. The first kappa shape index (κ1) is 13.6. The minimum absolute atomic E-state index is 0.251. The summed E-state index contributed by atoms with van der Waals surface area (Å²) in [6.45, 7) is 0.703. The summed E-state index contributed by atoms with van der Waals surface area (Å²) in [7, 11) is 4.07. The van der Waals surface area contributed by atoms with Gasteiger partial charge in [0.15, 0.2) is 5.78 Å². The Morgan fingerprint density at radius 2 is 1.95 bits per heavy atom. The molecule has 0 N–H and O–H groups in total. The monoisotopic (exact) mass is 273 g/mol. The quantitative estimate of drug-likeness (QED) is 0.793. The summed E-state index contributed by atoms with van der Waals surface area (Å²) in [6, 6.07) is 6.00. The molecule has 0 radical (unpaired) electrons. The lowest BCUT2D eigenvalue weighted by Gasteiger charge is -2.41. The van der Waals surface area contributed by atoms with Crippen LogP contribution in [0, 0.1) is 0 Å². The number of benzene rings is 1. The zero-order valence-electron chi connectivity index (χ0n) is 12.4. The van der Waals surface area contributed by atoms with Crippen LogP contribution in [0.1, 0.15) is 48.0 Å². The molecule has 20 heavy (non-hydrogen) atoms. The van der Waals surface area contributed by atoms with Crippen LogP contribution in [0.15, 0.2) is 18.2 Å². The van der Waals surface area contributed by atoms with Crippen LogP contribution in [0.25, 0.3) is 0 Å². The van der Waals surface area contributed by atoms with Crippen LogP contribution in [-0.4, -0.2) is 36.9 Å². The Bertz CT molecular complexity index is 516. The highest BCUT2D eigenvalue weighted by Crippen LogP contribution is 2.39. The number of Topliss-reactive ketones (excluding diaryl/α,β-unsaturated/α-hetero) is 1. The summed E-state index contributed by atoms with van der Waals surface area (Å²) in [6.07, 6.45) is 6.36. The summed E-state index contributed by atoms with van der Waals surface area (Å²) < 4.78 is 5.73. The van der Waals surface area contributed by atoms with E-state index in [4.69, 9.17) is 4.74 Å². The maximum absolute atomic E-state index is 13.2. The van der Waals surface area contributed by atoms with Crippen molar-refractivity contribution in [1.82, 2.24) is 4.90 Å². The lowest BCUT2D eigenvalue weighted by Crippen LogP contribution is -2.52. The Morgan fingerprint density at radius 3 is 2.65 bits per heavy atom. The van der Waals surface area contributed by atoms with Crippen molar-refractivity contribution in [1.29, 1.82) is 0 Å². The molecule has 0 amide bonds. The van der Waals surface area contributed by atoms with E-state index < -0.39 is 0 Å². The van der Waals surface area contributed by atoms with Gasteiger partial charge in [-0.25, -0.2) is 0 Å². The number of fused-ring (bicyclic) bond motifs is 1. The number of ether oxygens (including phenoxy) is 1. The van der Waals surface area contributed by atoms with Gasteiger partial charge in [-0.3, -0.25) is 9.69 Å². The van der Waals surface area contributed by atoms with E-state index in [2.05, 4.69) is 11.0 Å².